The van der Waals surface area contributed by atoms with Crippen LogP contribution in [0, 0.1) is 6.92 Å². The topological polar surface area (TPSA) is 47.0 Å². The Morgan fingerprint density at radius 2 is 1.80 bits per heavy atom. The van der Waals surface area contributed by atoms with Gasteiger partial charge in [-0.2, -0.15) is 0 Å². The molecule has 108 valence electrons. The van der Waals surface area contributed by atoms with Crippen LogP contribution in [-0.2, 0) is 4.74 Å². The van der Waals surface area contributed by atoms with Gasteiger partial charge in [0.05, 0.1) is 22.8 Å². The molecule has 2 rings (SSSR count). The molecular formula is C16H23N3O. The Hall–Kier alpha value is -1.68. The quantitative estimate of drug-likeness (QED) is 0.784. The van der Waals surface area contributed by atoms with Crippen molar-refractivity contribution in [2.45, 2.75) is 39.7 Å². The zero-order valence-corrected chi connectivity index (χ0v) is 12.5. The van der Waals surface area contributed by atoms with Crippen LogP contribution in [0.5, 0.6) is 0 Å². The second-order valence-corrected chi connectivity index (χ2v) is 5.20. The zero-order valence-electron chi connectivity index (χ0n) is 12.5. The van der Waals surface area contributed by atoms with Gasteiger partial charge < -0.3 is 10.1 Å². The van der Waals surface area contributed by atoms with Crippen molar-refractivity contribution in [3.63, 3.8) is 0 Å². The molecule has 2 aromatic rings. The van der Waals surface area contributed by atoms with E-state index in [9.17, 15) is 0 Å². The van der Waals surface area contributed by atoms with Gasteiger partial charge in [-0.3, -0.25) is 0 Å². The van der Waals surface area contributed by atoms with Crippen LogP contribution in [0.2, 0.25) is 0 Å². The fourth-order valence-electron chi connectivity index (χ4n) is 2.01. The number of nitrogens with zero attached hydrogens (tertiary/aromatic N) is 2. The summed E-state index contributed by atoms with van der Waals surface area (Å²) in [6.07, 6.45) is 2.45. The van der Waals surface area contributed by atoms with E-state index in [2.05, 4.69) is 29.1 Å². The molecule has 0 spiro atoms. The number of fused-ring (bicyclic) bond motifs is 1. The molecule has 0 aliphatic carbocycles. The molecule has 0 amide bonds. The molecule has 0 aliphatic heterocycles. The van der Waals surface area contributed by atoms with Gasteiger partial charge in [-0.05, 0) is 45.7 Å². The molecule has 0 bridgehead atoms. The minimum Gasteiger partial charge on any atom is -0.379 e. The molecule has 0 fully saturated rings. The van der Waals surface area contributed by atoms with Crippen LogP contribution in [0.4, 0.5) is 5.82 Å². The molecule has 0 atom stereocenters. The van der Waals surface area contributed by atoms with Crippen molar-refractivity contribution in [1.82, 2.24) is 9.97 Å². The fourth-order valence-corrected chi connectivity index (χ4v) is 2.01. The Kier molecular flexibility index (Phi) is 5.30. The maximum absolute atomic E-state index is 5.52. The highest BCUT2D eigenvalue weighted by Crippen LogP contribution is 2.15. The molecule has 0 unspecified atom stereocenters. The Bertz CT molecular complexity index is 554. The minimum atomic E-state index is 0.316. The van der Waals surface area contributed by atoms with E-state index < -0.39 is 0 Å². The summed E-state index contributed by atoms with van der Waals surface area (Å²) in [5.74, 6) is 0.883. The van der Waals surface area contributed by atoms with Crippen molar-refractivity contribution in [2.24, 2.45) is 0 Å². The van der Waals surface area contributed by atoms with Crippen molar-refractivity contribution >= 4 is 16.9 Å². The Balaban J connectivity index is 1.85. The molecule has 1 N–H and O–H groups in total. The highest BCUT2D eigenvalue weighted by Gasteiger charge is 2.03. The van der Waals surface area contributed by atoms with Gasteiger partial charge in [-0.15, -0.1) is 0 Å². The molecule has 0 radical (unpaired) electrons. The van der Waals surface area contributed by atoms with Crippen LogP contribution in [-0.4, -0.2) is 29.2 Å². The average Bonchev–Trinajstić information content (AvgIpc) is 2.42. The van der Waals surface area contributed by atoms with Crippen LogP contribution in [0.25, 0.3) is 11.0 Å². The lowest BCUT2D eigenvalue weighted by Crippen LogP contribution is -2.09. The zero-order chi connectivity index (χ0) is 14.4. The number of hydrogen-bond donors (Lipinski definition) is 1. The van der Waals surface area contributed by atoms with E-state index >= 15 is 0 Å². The van der Waals surface area contributed by atoms with Gasteiger partial charge in [-0.1, -0.05) is 12.1 Å². The van der Waals surface area contributed by atoms with Gasteiger partial charge in [-0.25, -0.2) is 9.97 Å². The predicted octanol–water partition coefficient (Wildman–Crippen LogP) is 3.56. The summed E-state index contributed by atoms with van der Waals surface area (Å²) in [7, 11) is 0. The van der Waals surface area contributed by atoms with E-state index in [-0.39, 0.29) is 0 Å². The number of rotatable bonds is 7. The minimum absolute atomic E-state index is 0.316. The smallest absolute Gasteiger partial charge is 0.148 e. The number of hydrogen-bond acceptors (Lipinski definition) is 4. The highest BCUT2D eigenvalue weighted by atomic mass is 16.5. The molecule has 1 heterocycles. The van der Waals surface area contributed by atoms with Crippen LogP contribution in [0.15, 0.2) is 24.3 Å². The predicted molar refractivity (Wildman–Crippen MR) is 83.1 cm³/mol. The number of aromatic nitrogens is 2. The molecule has 0 saturated carbocycles. The summed E-state index contributed by atoms with van der Waals surface area (Å²) in [6, 6.07) is 7.95. The van der Waals surface area contributed by atoms with Crippen molar-refractivity contribution in [3.05, 3.63) is 30.0 Å². The van der Waals surface area contributed by atoms with Gasteiger partial charge in [0.15, 0.2) is 0 Å². The first kappa shape index (κ1) is 14.7. The monoisotopic (exact) mass is 273 g/mol. The molecule has 4 nitrogen and oxygen atoms in total. The standard InChI is InChI=1S/C16H23N3O/c1-12(2)20-11-7-6-10-17-16-13(3)18-14-8-4-5-9-15(14)19-16/h4-5,8-9,12H,6-7,10-11H2,1-3H3,(H,17,19). The van der Waals surface area contributed by atoms with Crippen molar-refractivity contribution < 1.29 is 4.74 Å². The van der Waals surface area contributed by atoms with Crippen molar-refractivity contribution in [3.8, 4) is 0 Å². The van der Waals surface area contributed by atoms with Gasteiger partial charge in [0.25, 0.3) is 0 Å². The maximum atomic E-state index is 5.52. The number of para-hydroxylation sites is 2. The van der Waals surface area contributed by atoms with E-state index in [0.717, 1.165) is 48.5 Å². The Morgan fingerprint density at radius 3 is 2.50 bits per heavy atom. The molecule has 1 aromatic carbocycles. The summed E-state index contributed by atoms with van der Waals surface area (Å²) >= 11 is 0. The average molecular weight is 273 g/mol. The molecular weight excluding hydrogens is 250 g/mol. The summed E-state index contributed by atoms with van der Waals surface area (Å²) < 4.78 is 5.52. The number of unbranched alkanes of at least 4 members (excludes halogenated alkanes) is 1. The van der Waals surface area contributed by atoms with Gasteiger partial charge >= 0.3 is 0 Å². The van der Waals surface area contributed by atoms with Gasteiger partial charge in [0.2, 0.25) is 0 Å². The van der Waals surface area contributed by atoms with Gasteiger partial charge in [0.1, 0.15) is 5.82 Å². The lowest BCUT2D eigenvalue weighted by molar-refractivity contribution is 0.0765. The van der Waals surface area contributed by atoms with Crippen molar-refractivity contribution in [1.29, 1.82) is 0 Å². The maximum Gasteiger partial charge on any atom is 0.148 e. The number of ether oxygens (including phenoxy) is 1. The van der Waals surface area contributed by atoms with Crippen LogP contribution < -0.4 is 5.32 Å². The van der Waals surface area contributed by atoms with E-state index in [1.54, 1.807) is 0 Å². The SMILES string of the molecule is Cc1nc2ccccc2nc1NCCCCOC(C)C. The first-order valence-electron chi connectivity index (χ1n) is 7.25. The second-order valence-electron chi connectivity index (χ2n) is 5.20. The van der Waals surface area contributed by atoms with Gasteiger partial charge in [0, 0.05) is 13.2 Å². The third-order valence-corrected chi connectivity index (χ3v) is 3.06. The van der Waals surface area contributed by atoms with E-state index in [1.165, 1.54) is 0 Å². The van der Waals surface area contributed by atoms with E-state index in [1.807, 2.05) is 31.2 Å². The highest BCUT2D eigenvalue weighted by molar-refractivity contribution is 5.76. The number of nitrogens with one attached hydrogen (secondary N) is 1. The van der Waals surface area contributed by atoms with Crippen LogP contribution in [0.3, 0.4) is 0 Å². The molecule has 20 heavy (non-hydrogen) atoms. The number of anilines is 1. The first-order chi connectivity index (χ1) is 9.66. The Labute approximate surface area is 120 Å². The lowest BCUT2D eigenvalue weighted by atomic mass is 10.3. The summed E-state index contributed by atoms with van der Waals surface area (Å²) in [6.45, 7) is 7.83. The van der Waals surface area contributed by atoms with E-state index in [0.29, 0.717) is 6.10 Å². The summed E-state index contributed by atoms with van der Waals surface area (Å²) in [4.78, 5) is 9.18. The first-order valence-corrected chi connectivity index (χ1v) is 7.25. The van der Waals surface area contributed by atoms with Crippen LogP contribution in [0.1, 0.15) is 32.4 Å². The summed E-state index contributed by atoms with van der Waals surface area (Å²) in [5, 5.41) is 3.36. The second kappa shape index (κ2) is 7.20. The molecule has 1 aromatic heterocycles. The molecule has 0 saturated heterocycles. The molecule has 4 heteroatoms. The third-order valence-electron chi connectivity index (χ3n) is 3.06. The Morgan fingerprint density at radius 1 is 1.10 bits per heavy atom. The third kappa shape index (κ3) is 4.17. The molecule has 0 aliphatic rings. The normalized spacial score (nSPS) is 11.2. The largest absolute Gasteiger partial charge is 0.379 e. The number of benzene rings is 1. The summed E-state index contributed by atoms with van der Waals surface area (Å²) in [5.41, 5.74) is 2.83. The van der Waals surface area contributed by atoms with Crippen LogP contribution >= 0.6 is 0 Å². The number of aryl methyl sites for hydroxylation is 1. The fraction of sp³-hybridized carbons (Fsp3) is 0.500. The van der Waals surface area contributed by atoms with E-state index in [4.69, 9.17) is 4.74 Å². The van der Waals surface area contributed by atoms with Crippen molar-refractivity contribution in [2.75, 3.05) is 18.5 Å². The lowest BCUT2D eigenvalue weighted by Gasteiger charge is -2.10.